The van der Waals surface area contributed by atoms with E-state index in [0.717, 1.165) is 19.3 Å². The highest BCUT2D eigenvalue weighted by atomic mass is 32.2. The maximum atomic E-state index is 13.9. The molecule has 0 bridgehead atoms. The van der Waals surface area contributed by atoms with Crippen LogP contribution in [0.5, 0.6) is 0 Å². The molecule has 0 heterocycles. The molecule has 0 fully saturated rings. The molecule has 0 spiro atoms. The van der Waals surface area contributed by atoms with Gasteiger partial charge in [-0.2, -0.15) is 11.8 Å². The molecular formula is C28H43N3O4S. The summed E-state index contributed by atoms with van der Waals surface area (Å²) in [4.78, 5) is 41.5. The predicted octanol–water partition coefficient (Wildman–Crippen LogP) is 4.90. The maximum Gasteiger partial charge on any atom is 0.408 e. The van der Waals surface area contributed by atoms with Crippen molar-refractivity contribution in [3.63, 3.8) is 0 Å². The van der Waals surface area contributed by atoms with Crippen LogP contribution in [0.4, 0.5) is 4.79 Å². The number of nitrogens with zero attached hydrogens (tertiary/aromatic N) is 1. The molecule has 36 heavy (non-hydrogen) atoms. The molecule has 0 aliphatic heterocycles. The Labute approximate surface area is 221 Å². The van der Waals surface area contributed by atoms with Crippen LogP contribution in [0.1, 0.15) is 83.9 Å². The molecule has 0 aromatic heterocycles. The van der Waals surface area contributed by atoms with Gasteiger partial charge in [-0.25, -0.2) is 4.79 Å². The van der Waals surface area contributed by atoms with Gasteiger partial charge in [-0.1, -0.05) is 44.7 Å². The van der Waals surface area contributed by atoms with E-state index in [0.29, 0.717) is 42.8 Å². The fourth-order valence-corrected chi connectivity index (χ4v) is 4.14. The number of hydrogen-bond acceptors (Lipinski definition) is 5. The Hall–Kier alpha value is -2.66. The number of terminal acetylenes is 1. The van der Waals surface area contributed by atoms with Crippen molar-refractivity contribution in [2.24, 2.45) is 0 Å². The van der Waals surface area contributed by atoms with Crippen molar-refractivity contribution < 1.29 is 19.1 Å². The number of amides is 3. The first-order valence-corrected chi connectivity index (χ1v) is 14.1. The third-order valence-corrected chi connectivity index (χ3v) is 6.02. The third kappa shape index (κ3) is 10.9. The molecule has 1 aromatic carbocycles. The quantitative estimate of drug-likeness (QED) is 0.271. The van der Waals surface area contributed by atoms with Crippen molar-refractivity contribution in [3.8, 4) is 12.3 Å². The standard InChI is InChI=1S/C28H43N3O4S/c1-8-11-12-18-29-25(32)24(22-15-13-21(10-3)14-16-22)31(19-9-2)26(33)23(17-20-36-7)30-27(34)35-28(4,5)6/h3,13-16,23-24H,8-9,11-12,17-20H2,1-2,4-7H3,(H,29,32)(H,30,34). The van der Waals surface area contributed by atoms with Crippen LogP contribution < -0.4 is 10.6 Å². The zero-order valence-corrected chi connectivity index (χ0v) is 23.5. The molecule has 0 aliphatic carbocycles. The molecule has 1 rings (SSSR count). The van der Waals surface area contributed by atoms with Gasteiger partial charge < -0.3 is 20.3 Å². The van der Waals surface area contributed by atoms with E-state index in [-0.39, 0.29) is 11.8 Å². The highest BCUT2D eigenvalue weighted by molar-refractivity contribution is 7.98. The van der Waals surface area contributed by atoms with E-state index in [1.54, 1.807) is 61.7 Å². The Balaban J connectivity index is 3.34. The zero-order chi connectivity index (χ0) is 27.1. The largest absolute Gasteiger partial charge is 0.444 e. The van der Waals surface area contributed by atoms with Gasteiger partial charge in [0.25, 0.3) is 0 Å². The van der Waals surface area contributed by atoms with E-state index in [1.165, 1.54) is 0 Å². The predicted molar refractivity (Wildman–Crippen MR) is 148 cm³/mol. The average molecular weight is 518 g/mol. The lowest BCUT2D eigenvalue weighted by atomic mass is 10.0. The summed E-state index contributed by atoms with van der Waals surface area (Å²) in [5.74, 6) is 2.69. The van der Waals surface area contributed by atoms with E-state index in [2.05, 4.69) is 23.5 Å². The van der Waals surface area contributed by atoms with Crippen LogP contribution in [0, 0.1) is 12.3 Å². The molecule has 200 valence electrons. The van der Waals surface area contributed by atoms with E-state index >= 15 is 0 Å². The fourth-order valence-electron chi connectivity index (χ4n) is 3.67. The third-order valence-electron chi connectivity index (χ3n) is 5.38. The van der Waals surface area contributed by atoms with E-state index in [1.807, 2.05) is 13.2 Å². The number of nitrogens with one attached hydrogen (secondary N) is 2. The lowest BCUT2D eigenvalue weighted by Gasteiger charge is -2.34. The van der Waals surface area contributed by atoms with Crippen molar-refractivity contribution in [3.05, 3.63) is 35.4 Å². The van der Waals surface area contributed by atoms with Crippen LogP contribution in [-0.4, -0.2) is 59.5 Å². The minimum Gasteiger partial charge on any atom is -0.444 e. The zero-order valence-electron chi connectivity index (χ0n) is 22.7. The van der Waals surface area contributed by atoms with Gasteiger partial charge in [0.15, 0.2) is 0 Å². The van der Waals surface area contributed by atoms with Gasteiger partial charge in [0.05, 0.1) is 0 Å². The normalized spacial score (nSPS) is 12.7. The van der Waals surface area contributed by atoms with Gasteiger partial charge in [-0.15, -0.1) is 6.42 Å². The molecular weight excluding hydrogens is 474 g/mol. The van der Waals surface area contributed by atoms with Gasteiger partial charge >= 0.3 is 6.09 Å². The molecule has 0 radical (unpaired) electrons. The minimum absolute atomic E-state index is 0.248. The summed E-state index contributed by atoms with van der Waals surface area (Å²) in [7, 11) is 0. The lowest BCUT2D eigenvalue weighted by Crippen LogP contribution is -2.53. The number of unbranched alkanes of at least 4 members (excludes halogenated alkanes) is 2. The monoisotopic (exact) mass is 517 g/mol. The van der Waals surface area contributed by atoms with Crippen LogP contribution >= 0.6 is 11.8 Å². The Kier molecular flexibility index (Phi) is 14.1. The first-order chi connectivity index (χ1) is 17.1. The summed E-state index contributed by atoms with van der Waals surface area (Å²) in [6.45, 7) is 10.3. The summed E-state index contributed by atoms with van der Waals surface area (Å²) in [6, 6.07) is 5.46. The summed E-state index contributed by atoms with van der Waals surface area (Å²) >= 11 is 1.58. The Morgan fingerprint density at radius 1 is 1.11 bits per heavy atom. The summed E-state index contributed by atoms with van der Waals surface area (Å²) < 4.78 is 5.41. The van der Waals surface area contributed by atoms with Crippen LogP contribution in [0.25, 0.3) is 0 Å². The van der Waals surface area contributed by atoms with Crippen LogP contribution in [0.15, 0.2) is 24.3 Å². The molecule has 8 heteroatoms. The topological polar surface area (TPSA) is 87.7 Å². The highest BCUT2D eigenvalue weighted by Gasteiger charge is 2.35. The van der Waals surface area contributed by atoms with E-state index in [9.17, 15) is 14.4 Å². The number of thioether (sulfide) groups is 1. The molecule has 7 nitrogen and oxygen atoms in total. The van der Waals surface area contributed by atoms with Gasteiger partial charge in [-0.3, -0.25) is 9.59 Å². The summed E-state index contributed by atoms with van der Waals surface area (Å²) in [6.07, 6.45) is 10.8. The smallest absolute Gasteiger partial charge is 0.408 e. The van der Waals surface area contributed by atoms with E-state index < -0.39 is 23.8 Å². The number of carbonyl (C=O) groups excluding carboxylic acids is 3. The van der Waals surface area contributed by atoms with Crippen LogP contribution in [0.3, 0.4) is 0 Å². The first-order valence-electron chi connectivity index (χ1n) is 12.7. The van der Waals surface area contributed by atoms with Crippen molar-refractivity contribution in [2.45, 2.75) is 84.4 Å². The Morgan fingerprint density at radius 3 is 2.31 bits per heavy atom. The van der Waals surface area contributed by atoms with Crippen LogP contribution in [-0.2, 0) is 14.3 Å². The van der Waals surface area contributed by atoms with E-state index in [4.69, 9.17) is 11.2 Å². The van der Waals surface area contributed by atoms with Crippen molar-refractivity contribution in [1.82, 2.24) is 15.5 Å². The maximum absolute atomic E-state index is 13.9. The molecule has 0 saturated heterocycles. The molecule has 2 N–H and O–H groups in total. The van der Waals surface area contributed by atoms with Gasteiger partial charge in [-0.05, 0) is 69.7 Å². The van der Waals surface area contributed by atoms with Crippen molar-refractivity contribution in [1.29, 1.82) is 0 Å². The Morgan fingerprint density at radius 2 is 1.78 bits per heavy atom. The SMILES string of the molecule is C#Cc1ccc(C(C(=O)NCCCCC)N(CCC)C(=O)C(CCSC)NC(=O)OC(C)(C)C)cc1. The minimum atomic E-state index is -0.844. The van der Waals surface area contributed by atoms with Crippen molar-refractivity contribution >= 4 is 29.7 Å². The van der Waals surface area contributed by atoms with Gasteiger partial charge in [0, 0.05) is 18.7 Å². The number of rotatable bonds is 14. The number of benzene rings is 1. The molecule has 1 aromatic rings. The average Bonchev–Trinajstić information content (AvgIpc) is 2.83. The lowest BCUT2D eigenvalue weighted by molar-refractivity contribution is -0.142. The second-order valence-electron chi connectivity index (χ2n) is 9.68. The number of ether oxygens (including phenoxy) is 1. The number of alkyl carbamates (subject to hydrolysis) is 1. The van der Waals surface area contributed by atoms with Crippen molar-refractivity contribution in [2.75, 3.05) is 25.1 Å². The molecule has 3 amide bonds. The second kappa shape index (κ2) is 16.2. The highest BCUT2D eigenvalue weighted by Crippen LogP contribution is 2.24. The number of hydrogen-bond donors (Lipinski definition) is 2. The Bertz CT molecular complexity index is 874. The van der Waals surface area contributed by atoms with Gasteiger partial charge in [0.1, 0.15) is 17.7 Å². The summed E-state index contributed by atoms with van der Waals surface area (Å²) in [5, 5.41) is 5.75. The molecule has 2 unspecified atom stereocenters. The van der Waals surface area contributed by atoms with Crippen LogP contribution in [0.2, 0.25) is 0 Å². The number of carbonyl (C=O) groups is 3. The van der Waals surface area contributed by atoms with Gasteiger partial charge in [0.2, 0.25) is 11.8 Å². The molecule has 0 saturated carbocycles. The summed E-state index contributed by atoms with van der Waals surface area (Å²) in [5.41, 5.74) is 0.670. The molecule has 0 aliphatic rings. The second-order valence-corrected chi connectivity index (χ2v) is 10.7. The fraction of sp³-hybridized carbons (Fsp3) is 0.607. The molecule has 2 atom stereocenters. The first kappa shape index (κ1) is 31.4.